The molecule has 1 aliphatic rings. The van der Waals surface area contributed by atoms with Gasteiger partial charge in [0, 0.05) is 24.5 Å². The summed E-state index contributed by atoms with van der Waals surface area (Å²) >= 11 is 1.78. The monoisotopic (exact) mass is 239 g/mol. The molecule has 0 radical (unpaired) electrons. The highest BCUT2D eigenvalue weighted by Gasteiger charge is 2.31. The van der Waals surface area contributed by atoms with Gasteiger partial charge in [-0.05, 0) is 25.8 Å². The Bertz CT molecular complexity index is 331. The average molecular weight is 239 g/mol. The van der Waals surface area contributed by atoms with Gasteiger partial charge in [-0.25, -0.2) is 4.98 Å². The van der Waals surface area contributed by atoms with Crippen LogP contribution in [0.5, 0.6) is 0 Å². The molecule has 0 atom stereocenters. The summed E-state index contributed by atoms with van der Waals surface area (Å²) in [5, 5.41) is 6.53. The molecule has 1 saturated carbocycles. The standard InChI is InChI=1S/C12H21N3S/c1-9(2)7-15(11-4-5-11)12-14-10(6-13-3)8-16-12/h8-9,11,13H,4-7H2,1-3H3. The van der Waals surface area contributed by atoms with Crippen LogP contribution in [0.25, 0.3) is 0 Å². The van der Waals surface area contributed by atoms with Crippen LogP contribution in [0.2, 0.25) is 0 Å². The highest BCUT2D eigenvalue weighted by Crippen LogP contribution is 2.34. The minimum absolute atomic E-state index is 0.706. The molecule has 0 unspecified atom stereocenters. The van der Waals surface area contributed by atoms with Crippen molar-refractivity contribution in [1.29, 1.82) is 0 Å². The van der Waals surface area contributed by atoms with E-state index in [-0.39, 0.29) is 0 Å². The van der Waals surface area contributed by atoms with Gasteiger partial charge in [0.05, 0.1) is 5.69 Å². The van der Waals surface area contributed by atoms with E-state index in [1.54, 1.807) is 11.3 Å². The third kappa shape index (κ3) is 2.95. The maximum atomic E-state index is 4.70. The molecule has 3 nitrogen and oxygen atoms in total. The van der Waals surface area contributed by atoms with Crippen molar-refractivity contribution in [3.8, 4) is 0 Å². The topological polar surface area (TPSA) is 28.2 Å². The van der Waals surface area contributed by atoms with Gasteiger partial charge in [-0.3, -0.25) is 0 Å². The quantitative estimate of drug-likeness (QED) is 0.826. The van der Waals surface area contributed by atoms with E-state index in [0.29, 0.717) is 5.92 Å². The fourth-order valence-corrected chi connectivity index (χ4v) is 2.76. The lowest BCUT2D eigenvalue weighted by Crippen LogP contribution is -2.29. The Balaban J connectivity index is 2.05. The SMILES string of the molecule is CNCc1csc(N(CC(C)C)C2CC2)n1. The van der Waals surface area contributed by atoms with Crippen LogP contribution in [0.15, 0.2) is 5.38 Å². The third-order valence-electron chi connectivity index (χ3n) is 2.69. The Morgan fingerprint density at radius 3 is 2.88 bits per heavy atom. The summed E-state index contributed by atoms with van der Waals surface area (Å²) in [6, 6.07) is 0.760. The Hall–Kier alpha value is -0.610. The minimum Gasteiger partial charge on any atom is -0.345 e. The molecule has 1 fully saturated rings. The first-order chi connectivity index (χ1) is 7.70. The summed E-state index contributed by atoms with van der Waals surface area (Å²) in [7, 11) is 1.96. The number of hydrogen-bond acceptors (Lipinski definition) is 4. The largest absolute Gasteiger partial charge is 0.345 e. The maximum Gasteiger partial charge on any atom is 0.185 e. The first-order valence-electron chi connectivity index (χ1n) is 6.06. The number of nitrogens with one attached hydrogen (secondary N) is 1. The average Bonchev–Trinajstić information content (AvgIpc) is 2.96. The van der Waals surface area contributed by atoms with Gasteiger partial charge >= 0.3 is 0 Å². The van der Waals surface area contributed by atoms with E-state index in [4.69, 9.17) is 4.98 Å². The Labute approximate surface area is 102 Å². The molecule has 0 spiro atoms. The van der Waals surface area contributed by atoms with Crippen molar-refractivity contribution >= 4 is 16.5 Å². The molecule has 0 amide bonds. The van der Waals surface area contributed by atoms with Crippen molar-refractivity contribution in [2.75, 3.05) is 18.5 Å². The van der Waals surface area contributed by atoms with E-state index in [0.717, 1.165) is 24.8 Å². The van der Waals surface area contributed by atoms with Gasteiger partial charge in [0.25, 0.3) is 0 Å². The van der Waals surface area contributed by atoms with Gasteiger partial charge in [-0.15, -0.1) is 11.3 Å². The third-order valence-corrected chi connectivity index (χ3v) is 3.62. The molecule has 1 aromatic rings. The van der Waals surface area contributed by atoms with Crippen LogP contribution < -0.4 is 10.2 Å². The second kappa shape index (κ2) is 5.15. The van der Waals surface area contributed by atoms with Gasteiger partial charge in [0.2, 0.25) is 0 Å². The Morgan fingerprint density at radius 2 is 2.31 bits per heavy atom. The molecular weight excluding hydrogens is 218 g/mol. The van der Waals surface area contributed by atoms with Gasteiger partial charge in [-0.2, -0.15) is 0 Å². The molecule has 1 aromatic heterocycles. The van der Waals surface area contributed by atoms with Crippen molar-refractivity contribution in [1.82, 2.24) is 10.3 Å². The van der Waals surface area contributed by atoms with Gasteiger partial charge in [-0.1, -0.05) is 13.8 Å². The van der Waals surface area contributed by atoms with Crippen LogP contribution in [0.3, 0.4) is 0 Å². The number of anilines is 1. The Morgan fingerprint density at radius 1 is 1.56 bits per heavy atom. The van der Waals surface area contributed by atoms with Crippen molar-refractivity contribution in [2.24, 2.45) is 5.92 Å². The highest BCUT2D eigenvalue weighted by molar-refractivity contribution is 7.13. The summed E-state index contributed by atoms with van der Waals surface area (Å²) in [6.45, 7) is 6.56. The lowest BCUT2D eigenvalue weighted by molar-refractivity contribution is 0.605. The van der Waals surface area contributed by atoms with Crippen LogP contribution in [-0.4, -0.2) is 24.6 Å². The molecule has 0 aliphatic heterocycles. The molecule has 0 saturated heterocycles. The first kappa shape index (κ1) is 11.9. The fraction of sp³-hybridized carbons (Fsp3) is 0.750. The van der Waals surface area contributed by atoms with E-state index < -0.39 is 0 Å². The smallest absolute Gasteiger partial charge is 0.185 e. The molecule has 4 heteroatoms. The zero-order valence-electron chi connectivity index (χ0n) is 10.4. The number of thiazole rings is 1. The molecule has 0 aromatic carbocycles. The van der Waals surface area contributed by atoms with E-state index >= 15 is 0 Å². The highest BCUT2D eigenvalue weighted by atomic mass is 32.1. The number of aromatic nitrogens is 1. The summed E-state index contributed by atoms with van der Waals surface area (Å²) in [4.78, 5) is 7.19. The van der Waals surface area contributed by atoms with Crippen molar-refractivity contribution in [2.45, 2.75) is 39.3 Å². The zero-order valence-corrected chi connectivity index (χ0v) is 11.2. The second-order valence-corrected chi connectivity index (χ2v) is 5.77. The van der Waals surface area contributed by atoms with Crippen LogP contribution in [0, 0.1) is 5.92 Å². The van der Waals surface area contributed by atoms with Crippen LogP contribution in [0.1, 0.15) is 32.4 Å². The molecule has 1 aliphatic carbocycles. The predicted molar refractivity (Wildman–Crippen MR) is 70.1 cm³/mol. The van der Waals surface area contributed by atoms with Crippen molar-refractivity contribution < 1.29 is 0 Å². The fourth-order valence-electron chi connectivity index (χ4n) is 1.85. The number of rotatable bonds is 6. The number of nitrogens with zero attached hydrogens (tertiary/aromatic N) is 2. The van der Waals surface area contributed by atoms with E-state index in [1.807, 2.05) is 7.05 Å². The molecule has 0 bridgehead atoms. The molecule has 2 rings (SSSR count). The van der Waals surface area contributed by atoms with E-state index in [2.05, 4.69) is 29.4 Å². The maximum absolute atomic E-state index is 4.70. The van der Waals surface area contributed by atoms with Crippen LogP contribution >= 0.6 is 11.3 Å². The van der Waals surface area contributed by atoms with Crippen molar-refractivity contribution in [3.05, 3.63) is 11.1 Å². The Kier molecular flexibility index (Phi) is 3.82. The summed E-state index contributed by atoms with van der Waals surface area (Å²) in [5.74, 6) is 0.706. The molecule has 16 heavy (non-hydrogen) atoms. The molecular formula is C12H21N3S. The lowest BCUT2D eigenvalue weighted by atomic mass is 10.2. The minimum atomic E-state index is 0.706. The normalized spacial score (nSPS) is 15.8. The summed E-state index contributed by atoms with van der Waals surface area (Å²) in [6.07, 6.45) is 2.68. The van der Waals surface area contributed by atoms with Crippen LogP contribution in [0.4, 0.5) is 5.13 Å². The summed E-state index contributed by atoms with van der Waals surface area (Å²) < 4.78 is 0. The number of hydrogen-bond donors (Lipinski definition) is 1. The van der Waals surface area contributed by atoms with E-state index in [1.165, 1.54) is 18.0 Å². The molecule has 1 N–H and O–H groups in total. The van der Waals surface area contributed by atoms with Crippen molar-refractivity contribution in [3.63, 3.8) is 0 Å². The lowest BCUT2D eigenvalue weighted by Gasteiger charge is -2.23. The molecule has 1 heterocycles. The van der Waals surface area contributed by atoms with Gasteiger partial charge in [0.1, 0.15) is 0 Å². The van der Waals surface area contributed by atoms with Gasteiger partial charge < -0.3 is 10.2 Å². The first-order valence-corrected chi connectivity index (χ1v) is 6.94. The van der Waals surface area contributed by atoms with Crippen LogP contribution in [-0.2, 0) is 6.54 Å². The zero-order chi connectivity index (χ0) is 11.5. The second-order valence-electron chi connectivity index (χ2n) is 4.93. The van der Waals surface area contributed by atoms with Gasteiger partial charge in [0.15, 0.2) is 5.13 Å². The van der Waals surface area contributed by atoms with E-state index in [9.17, 15) is 0 Å². The molecule has 90 valence electrons. The predicted octanol–water partition coefficient (Wildman–Crippen LogP) is 2.49. The summed E-state index contributed by atoms with van der Waals surface area (Å²) in [5.41, 5.74) is 1.16.